The molecule has 1 aliphatic carbocycles. The topological polar surface area (TPSA) is 32.6 Å². The first-order chi connectivity index (χ1) is 7.29. The molecule has 1 unspecified atom stereocenters. The summed E-state index contributed by atoms with van der Waals surface area (Å²) in [6.45, 7) is 2.08. The zero-order chi connectivity index (χ0) is 10.7. The van der Waals surface area contributed by atoms with Crippen molar-refractivity contribution in [2.45, 2.75) is 25.7 Å². The van der Waals surface area contributed by atoms with Crippen LogP contribution in [0.1, 0.15) is 31.2 Å². The number of nitrogens with zero attached hydrogens (tertiary/aromatic N) is 1. The van der Waals surface area contributed by atoms with Gasteiger partial charge in [0.15, 0.2) is 0 Å². The molecule has 1 aliphatic rings. The molecule has 0 spiro atoms. The summed E-state index contributed by atoms with van der Waals surface area (Å²) >= 11 is 0. The second kappa shape index (κ2) is 4.30. The fraction of sp³-hybridized carbons (Fsp3) is 0.308. The molecule has 2 nitrogen and oxygen atoms in total. The summed E-state index contributed by atoms with van der Waals surface area (Å²) < 4.78 is 0. The highest BCUT2D eigenvalue weighted by molar-refractivity contribution is 5.96. The molecule has 0 aromatic heterocycles. The number of rotatable bonds is 1. The lowest BCUT2D eigenvalue weighted by molar-refractivity contribution is 0.317. The lowest BCUT2D eigenvalue weighted by atomic mass is 9.83. The predicted molar refractivity (Wildman–Crippen MR) is 61.4 cm³/mol. The molecule has 1 atom stereocenters. The highest BCUT2D eigenvalue weighted by Gasteiger charge is 2.19. The maximum absolute atomic E-state index is 8.82. The Morgan fingerprint density at radius 1 is 1.20 bits per heavy atom. The Morgan fingerprint density at radius 3 is 2.60 bits per heavy atom. The number of benzene rings is 1. The first-order valence-electron chi connectivity index (χ1n) is 5.22. The van der Waals surface area contributed by atoms with Crippen molar-refractivity contribution in [3.05, 3.63) is 47.5 Å². The minimum absolute atomic E-state index is 0.460. The lowest BCUT2D eigenvalue weighted by Crippen LogP contribution is -2.12. The first kappa shape index (κ1) is 9.97. The van der Waals surface area contributed by atoms with Gasteiger partial charge in [0.25, 0.3) is 0 Å². The van der Waals surface area contributed by atoms with Crippen molar-refractivity contribution in [2.75, 3.05) is 0 Å². The summed E-state index contributed by atoms with van der Waals surface area (Å²) in [5, 5.41) is 12.1. The lowest BCUT2D eigenvalue weighted by Gasteiger charge is -2.21. The zero-order valence-electron chi connectivity index (χ0n) is 8.85. The van der Waals surface area contributed by atoms with Crippen LogP contribution in [0.2, 0.25) is 0 Å². The fourth-order valence-electron chi connectivity index (χ4n) is 2.15. The van der Waals surface area contributed by atoms with E-state index in [-0.39, 0.29) is 0 Å². The molecule has 2 heteroatoms. The number of allylic oxidation sites excluding steroid dienone is 2. The van der Waals surface area contributed by atoms with Crippen LogP contribution in [0.5, 0.6) is 0 Å². The van der Waals surface area contributed by atoms with Crippen molar-refractivity contribution in [1.82, 2.24) is 0 Å². The minimum atomic E-state index is 0.460. The molecule has 1 aromatic carbocycles. The van der Waals surface area contributed by atoms with Gasteiger partial charge in [0, 0.05) is 6.42 Å². The van der Waals surface area contributed by atoms with Crippen LogP contribution in [0.3, 0.4) is 0 Å². The smallest absolute Gasteiger partial charge is 0.0801 e. The summed E-state index contributed by atoms with van der Waals surface area (Å²) in [5.74, 6) is 0.460. The normalized spacial score (nSPS) is 23.9. The highest BCUT2D eigenvalue weighted by Crippen LogP contribution is 2.31. The van der Waals surface area contributed by atoms with E-state index >= 15 is 0 Å². The van der Waals surface area contributed by atoms with Crippen LogP contribution < -0.4 is 0 Å². The van der Waals surface area contributed by atoms with Gasteiger partial charge in [-0.3, -0.25) is 0 Å². The zero-order valence-corrected chi connectivity index (χ0v) is 8.85. The quantitative estimate of drug-likeness (QED) is 0.548. The summed E-state index contributed by atoms with van der Waals surface area (Å²) in [6.07, 6.45) is 3.86. The van der Waals surface area contributed by atoms with Gasteiger partial charge in [-0.05, 0) is 30.9 Å². The van der Waals surface area contributed by atoms with Gasteiger partial charge < -0.3 is 5.21 Å². The second-order valence-electron chi connectivity index (χ2n) is 4.10. The summed E-state index contributed by atoms with van der Waals surface area (Å²) in [4.78, 5) is 0. The SMILES string of the molecule is CC1=CC(=NO)CC(c2ccccc2)C1. The molecule has 1 aromatic rings. The van der Waals surface area contributed by atoms with E-state index in [1.807, 2.05) is 12.1 Å². The largest absolute Gasteiger partial charge is 0.411 e. The average Bonchev–Trinajstić information content (AvgIpc) is 2.29. The molecule has 15 heavy (non-hydrogen) atoms. The Kier molecular flexibility index (Phi) is 2.86. The molecule has 0 fully saturated rings. The molecule has 0 aliphatic heterocycles. The van der Waals surface area contributed by atoms with E-state index in [4.69, 9.17) is 5.21 Å². The molecule has 0 saturated carbocycles. The second-order valence-corrected chi connectivity index (χ2v) is 4.10. The third kappa shape index (κ3) is 2.27. The van der Waals surface area contributed by atoms with Crippen LogP contribution in [0, 0.1) is 0 Å². The Balaban J connectivity index is 2.24. The van der Waals surface area contributed by atoms with Crippen LogP contribution in [-0.4, -0.2) is 10.9 Å². The predicted octanol–water partition coefficient (Wildman–Crippen LogP) is 3.34. The summed E-state index contributed by atoms with van der Waals surface area (Å²) in [5.41, 5.74) is 3.39. The Bertz CT molecular complexity index is 392. The van der Waals surface area contributed by atoms with E-state index in [9.17, 15) is 0 Å². The van der Waals surface area contributed by atoms with Gasteiger partial charge in [-0.15, -0.1) is 0 Å². The summed E-state index contributed by atoms with van der Waals surface area (Å²) in [6, 6.07) is 10.4. The van der Waals surface area contributed by atoms with Crippen molar-refractivity contribution in [1.29, 1.82) is 0 Å². The molecular weight excluding hydrogens is 186 g/mol. The van der Waals surface area contributed by atoms with Crippen LogP contribution >= 0.6 is 0 Å². The average molecular weight is 201 g/mol. The van der Waals surface area contributed by atoms with E-state index in [1.54, 1.807) is 0 Å². The Morgan fingerprint density at radius 2 is 1.93 bits per heavy atom. The van der Waals surface area contributed by atoms with Crippen LogP contribution in [0.4, 0.5) is 0 Å². The third-order valence-corrected chi connectivity index (χ3v) is 2.84. The van der Waals surface area contributed by atoms with E-state index in [0.717, 1.165) is 18.6 Å². The molecule has 0 radical (unpaired) electrons. The minimum Gasteiger partial charge on any atom is -0.411 e. The fourth-order valence-corrected chi connectivity index (χ4v) is 2.15. The number of hydrogen-bond donors (Lipinski definition) is 1. The van der Waals surface area contributed by atoms with Crippen molar-refractivity contribution in [3.63, 3.8) is 0 Å². The molecule has 0 amide bonds. The molecule has 0 heterocycles. The van der Waals surface area contributed by atoms with Crippen LogP contribution in [-0.2, 0) is 0 Å². The maximum atomic E-state index is 8.82. The summed E-state index contributed by atoms with van der Waals surface area (Å²) in [7, 11) is 0. The van der Waals surface area contributed by atoms with E-state index in [0.29, 0.717) is 5.92 Å². The van der Waals surface area contributed by atoms with Gasteiger partial charge in [-0.2, -0.15) is 0 Å². The van der Waals surface area contributed by atoms with Crippen molar-refractivity contribution in [3.8, 4) is 0 Å². The van der Waals surface area contributed by atoms with E-state index in [2.05, 4.69) is 36.3 Å². The molecule has 0 bridgehead atoms. The third-order valence-electron chi connectivity index (χ3n) is 2.84. The van der Waals surface area contributed by atoms with Gasteiger partial charge in [0.1, 0.15) is 0 Å². The van der Waals surface area contributed by atoms with E-state index in [1.165, 1.54) is 11.1 Å². The van der Waals surface area contributed by atoms with Gasteiger partial charge >= 0.3 is 0 Å². The van der Waals surface area contributed by atoms with E-state index < -0.39 is 0 Å². The highest BCUT2D eigenvalue weighted by atomic mass is 16.4. The van der Waals surface area contributed by atoms with Crippen molar-refractivity contribution in [2.24, 2.45) is 5.16 Å². The first-order valence-corrected chi connectivity index (χ1v) is 5.22. The molecule has 2 rings (SSSR count). The molecule has 78 valence electrons. The number of oxime groups is 1. The van der Waals surface area contributed by atoms with Crippen molar-refractivity contribution < 1.29 is 5.21 Å². The van der Waals surface area contributed by atoms with Gasteiger partial charge in [-0.1, -0.05) is 41.1 Å². The van der Waals surface area contributed by atoms with Gasteiger partial charge in [0.05, 0.1) is 5.71 Å². The Hall–Kier alpha value is -1.57. The maximum Gasteiger partial charge on any atom is 0.0801 e. The Labute approximate surface area is 89.9 Å². The van der Waals surface area contributed by atoms with Crippen LogP contribution in [0.15, 0.2) is 47.1 Å². The molecular formula is C13H15NO. The molecule has 1 N–H and O–H groups in total. The monoisotopic (exact) mass is 201 g/mol. The van der Waals surface area contributed by atoms with Crippen molar-refractivity contribution >= 4 is 5.71 Å². The molecule has 0 saturated heterocycles. The standard InChI is InChI=1S/C13H15NO/c1-10-7-12(9-13(8-10)14-15)11-5-3-2-4-6-11/h2-6,8,12,15H,7,9H2,1H3. The van der Waals surface area contributed by atoms with Gasteiger partial charge in [-0.25, -0.2) is 0 Å². The number of hydrogen-bond acceptors (Lipinski definition) is 2. The van der Waals surface area contributed by atoms with Crippen LogP contribution in [0.25, 0.3) is 0 Å². The van der Waals surface area contributed by atoms with Gasteiger partial charge in [0.2, 0.25) is 0 Å².